The van der Waals surface area contributed by atoms with E-state index in [0.717, 1.165) is 5.75 Å². The molecule has 1 aromatic rings. The van der Waals surface area contributed by atoms with E-state index in [2.05, 4.69) is 10.6 Å². The van der Waals surface area contributed by atoms with Crippen LogP contribution in [0.2, 0.25) is 0 Å². The van der Waals surface area contributed by atoms with Crippen molar-refractivity contribution in [1.82, 2.24) is 5.32 Å². The van der Waals surface area contributed by atoms with Crippen LogP contribution < -0.4 is 10.6 Å². The van der Waals surface area contributed by atoms with E-state index in [1.165, 1.54) is 6.07 Å². The first kappa shape index (κ1) is 15.3. The predicted molar refractivity (Wildman–Crippen MR) is 78.0 cm³/mol. The van der Waals surface area contributed by atoms with Crippen LogP contribution in [0, 0.1) is 10.1 Å². The highest BCUT2D eigenvalue weighted by molar-refractivity contribution is 7.98. The zero-order valence-corrected chi connectivity index (χ0v) is 11.8. The van der Waals surface area contributed by atoms with Crippen molar-refractivity contribution < 1.29 is 9.72 Å². The van der Waals surface area contributed by atoms with Gasteiger partial charge in [-0.1, -0.05) is 0 Å². The second-order valence-corrected chi connectivity index (χ2v) is 4.75. The third-order valence-corrected chi connectivity index (χ3v) is 3.03. The molecule has 104 valence electrons. The largest absolute Gasteiger partial charge is 0.380 e. The minimum Gasteiger partial charge on any atom is -0.380 e. The molecule has 0 fully saturated rings. The van der Waals surface area contributed by atoms with E-state index in [1.54, 1.807) is 23.9 Å². The first-order valence-corrected chi connectivity index (χ1v) is 7.29. The second-order valence-electron chi connectivity index (χ2n) is 3.77. The molecule has 1 aromatic carbocycles. The molecule has 0 atom stereocenters. The quantitative estimate of drug-likeness (QED) is 0.455. The molecule has 19 heavy (non-hydrogen) atoms. The zero-order chi connectivity index (χ0) is 14.3. The van der Waals surface area contributed by atoms with Crippen LogP contribution in [0.5, 0.6) is 0 Å². The second kappa shape index (κ2) is 7.63. The van der Waals surface area contributed by atoms with Crippen LogP contribution in [-0.4, -0.2) is 35.9 Å². The molecule has 0 spiro atoms. The highest BCUT2D eigenvalue weighted by atomic mass is 32.2. The Labute approximate surface area is 116 Å². The maximum absolute atomic E-state index is 11.8. The first-order chi connectivity index (χ1) is 9.10. The molecule has 1 rings (SSSR count). The van der Waals surface area contributed by atoms with Crippen LogP contribution >= 0.6 is 11.8 Å². The number of carbonyl (C=O) groups excluding carboxylic acids is 1. The fourth-order valence-corrected chi connectivity index (χ4v) is 1.84. The standard InChI is InChI=1S/C12H17N3O3S/c1-3-13-10-5-4-9(8-11(10)15(17)18)12(16)14-6-7-19-2/h4-5,8,13H,3,6-7H2,1-2H3,(H,14,16). The van der Waals surface area contributed by atoms with E-state index in [-0.39, 0.29) is 11.6 Å². The summed E-state index contributed by atoms with van der Waals surface area (Å²) in [6, 6.07) is 4.44. The van der Waals surface area contributed by atoms with Crippen LogP contribution in [0.15, 0.2) is 18.2 Å². The van der Waals surface area contributed by atoms with E-state index in [4.69, 9.17) is 0 Å². The lowest BCUT2D eigenvalue weighted by atomic mass is 10.1. The smallest absolute Gasteiger partial charge is 0.293 e. The maximum atomic E-state index is 11.8. The van der Waals surface area contributed by atoms with E-state index in [1.807, 2.05) is 13.2 Å². The summed E-state index contributed by atoms with van der Waals surface area (Å²) in [5.74, 6) is 0.517. The van der Waals surface area contributed by atoms with Gasteiger partial charge in [-0.25, -0.2) is 0 Å². The van der Waals surface area contributed by atoms with Crippen molar-refractivity contribution >= 4 is 29.0 Å². The summed E-state index contributed by atoms with van der Waals surface area (Å²) in [6.07, 6.45) is 1.95. The van der Waals surface area contributed by atoms with Crippen LogP contribution in [0.25, 0.3) is 0 Å². The van der Waals surface area contributed by atoms with Crippen molar-refractivity contribution in [3.8, 4) is 0 Å². The first-order valence-electron chi connectivity index (χ1n) is 5.89. The van der Waals surface area contributed by atoms with Crippen molar-refractivity contribution in [3.05, 3.63) is 33.9 Å². The Hall–Kier alpha value is -1.76. The molecule has 0 aromatic heterocycles. The van der Waals surface area contributed by atoms with Crippen molar-refractivity contribution in [2.45, 2.75) is 6.92 Å². The number of hydrogen-bond donors (Lipinski definition) is 2. The van der Waals surface area contributed by atoms with Crippen LogP contribution in [-0.2, 0) is 0 Å². The zero-order valence-electron chi connectivity index (χ0n) is 10.9. The summed E-state index contributed by atoms with van der Waals surface area (Å²) < 4.78 is 0. The highest BCUT2D eigenvalue weighted by Gasteiger charge is 2.16. The summed E-state index contributed by atoms with van der Waals surface area (Å²) in [5, 5.41) is 16.6. The Morgan fingerprint density at radius 3 is 2.79 bits per heavy atom. The summed E-state index contributed by atoms with van der Waals surface area (Å²) in [5.41, 5.74) is 0.641. The van der Waals surface area contributed by atoms with Crippen molar-refractivity contribution in [2.75, 3.05) is 30.4 Å². The fourth-order valence-electron chi connectivity index (χ4n) is 1.53. The Balaban J connectivity index is 2.88. The van der Waals surface area contributed by atoms with Gasteiger partial charge in [0.05, 0.1) is 4.92 Å². The minimum atomic E-state index is -0.489. The van der Waals surface area contributed by atoms with Crippen LogP contribution in [0.1, 0.15) is 17.3 Å². The summed E-state index contributed by atoms with van der Waals surface area (Å²) in [7, 11) is 0. The van der Waals surface area contributed by atoms with Crippen molar-refractivity contribution in [3.63, 3.8) is 0 Å². The molecule has 0 heterocycles. The van der Waals surface area contributed by atoms with Crippen LogP contribution in [0.4, 0.5) is 11.4 Å². The van der Waals surface area contributed by atoms with E-state index < -0.39 is 4.92 Å². The van der Waals surface area contributed by atoms with E-state index >= 15 is 0 Å². The number of nitro benzene ring substituents is 1. The molecule has 0 saturated carbocycles. The van der Waals surface area contributed by atoms with Gasteiger partial charge in [-0.3, -0.25) is 14.9 Å². The topological polar surface area (TPSA) is 84.3 Å². The van der Waals surface area contributed by atoms with Crippen molar-refractivity contribution in [1.29, 1.82) is 0 Å². The number of amides is 1. The molecular formula is C12H17N3O3S. The molecule has 0 aliphatic rings. The average molecular weight is 283 g/mol. The predicted octanol–water partition coefficient (Wildman–Crippen LogP) is 2.12. The summed E-state index contributed by atoms with van der Waals surface area (Å²) in [4.78, 5) is 22.3. The molecule has 0 aliphatic heterocycles. The van der Waals surface area contributed by atoms with E-state index in [0.29, 0.717) is 24.3 Å². The number of nitrogens with one attached hydrogen (secondary N) is 2. The lowest BCUT2D eigenvalue weighted by molar-refractivity contribution is -0.384. The van der Waals surface area contributed by atoms with Gasteiger partial charge in [-0.2, -0.15) is 11.8 Å². The van der Waals surface area contributed by atoms with Crippen LogP contribution in [0.3, 0.4) is 0 Å². The van der Waals surface area contributed by atoms with Gasteiger partial charge < -0.3 is 10.6 Å². The lowest BCUT2D eigenvalue weighted by Crippen LogP contribution is -2.25. The number of nitro groups is 1. The summed E-state index contributed by atoms with van der Waals surface area (Å²) >= 11 is 1.62. The molecule has 2 N–H and O–H groups in total. The molecule has 6 nitrogen and oxygen atoms in total. The van der Waals surface area contributed by atoms with Gasteiger partial charge in [0.15, 0.2) is 0 Å². The minimum absolute atomic E-state index is 0.0839. The van der Waals surface area contributed by atoms with Gasteiger partial charge in [0, 0.05) is 30.5 Å². The Bertz CT molecular complexity index is 466. The number of benzene rings is 1. The molecule has 7 heteroatoms. The number of carbonyl (C=O) groups is 1. The number of thioether (sulfide) groups is 1. The Kier molecular flexibility index (Phi) is 6.14. The molecule has 0 bridgehead atoms. The molecular weight excluding hydrogens is 266 g/mol. The molecule has 0 unspecified atom stereocenters. The van der Waals surface area contributed by atoms with Gasteiger partial charge in [0.2, 0.25) is 0 Å². The highest BCUT2D eigenvalue weighted by Crippen LogP contribution is 2.25. The molecule has 0 aliphatic carbocycles. The third kappa shape index (κ3) is 4.44. The normalized spacial score (nSPS) is 10.0. The Morgan fingerprint density at radius 2 is 2.21 bits per heavy atom. The average Bonchev–Trinajstić information content (AvgIpc) is 2.39. The van der Waals surface area contributed by atoms with E-state index in [9.17, 15) is 14.9 Å². The van der Waals surface area contributed by atoms with Gasteiger partial charge in [-0.15, -0.1) is 0 Å². The number of rotatable bonds is 7. The molecule has 1 amide bonds. The Morgan fingerprint density at radius 1 is 1.47 bits per heavy atom. The van der Waals surface area contributed by atoms with Crippen molar-refractivity contribution in [2.24, 2.45) is 0 Å². The lowest BCUT2D eigenvalue weighted by Gasteiger charge is -2.07. The molecule has 0 saturated heterocycles. The maximum Gasteiger partial charge on any atom is 0.293 e. The number of hydrogen-bond acceptors (Lipinski definition) is 5. The van der Waals surface area contributed by atoms with Gasteiger partial charge in [0.1, 0.15) is 5.69 Å². The SMILES string of the molecule is CCNc1ccc(C(=O)NCCSC)cc1[N+](=O)[O-]. The molecule has 0 radical (unpaired) electrons. The number of anilines is 1. The number of nitrogens with zero attached hydrogens (tertiary/aromatic N) is 1. The van der Waals surface area contributed by atoms with Gasteiger partial charge in [-0.05, 0) is 25.3 Å². The van der Waals surface area contributed by atoms with Gasteiger partial charge >= 0.3 is 0 Å². The fraction of sp³-hybridized carbons (Fsp3) is 0.417. The monoisotopic (exact) mass is 283 g/mol. The van der Waals surface area contributed by atoms with Gasteiger partial charge in [0.25, 0.3) is 11.6 Å². The summed E-state index contributed by atoms with van der Waals surface area (Å²) in [6.45, 7) is 2.98. The third-order valence-electron chi connectivity index (χ3n) is 2.42.